The van der Waals surface area contributed by atoms with Crippen LogP contribution < -0.4 is 16.4 Å². The minimum absolute atomic E-state index is 0.160. The van der Waals surface area contributed by atoms with Crippen LogP contribution in [-0.4, -0.2) is 39.7 Å². The molecule has 0 saturated heterocycles. The molecule has 0 aliphatic carbocycles. The molecule has 0 aromatic carbocycles. The third-order valence-corrected chi connectivity index (χ3v) is 4.25. The quantitative estimate of drug-likeness (QED) is 0.699. The van der Waals surface area contributed by atoms with Gasteiger partial charge in [0, 0.05) is 35.4 Å². The van der Waals surface area contributed by atoms with E-state index in [1.54, 1.807) is 6.26 Å². The summed E-state index contributed by atoms with van der Waals surface area (Å²) in [7, 11) is -0.943. The van der Waals surface area contributed by atoms with Crippen LogP contribution in [0.1, 0.15) is 29.9 Å². The van der Waals surface area contributed by atoms with E-state index in [1.165, 1.54) is 11.3 Å². The first kappa shape index (κ1) is 15.9. The highest BCUT2D eigenvalue weighted by Crippen LogP contribution is 2.24. The van der Waals surface area contributed by atoms with Gasteiger partial charge in [-0.15, -0.1) is 0 Å². The topological polar surface area (TPSA) is 97.1 Å². The zero-order chi connectivity index (χ0) is 14.4. The van der Waals surface area contributed by atoms with Crippen LogP contribution in [0.2, 0.25) is 0 Å². The van der Waals surface area contributed by atoms with E-state index in [1.807, 2.05) is 13.8 Å². The fourth-order valence-electron chi connectivity index (χ4n) is 1.49. The van der Waals surface area contributed by atoms with Gasteiger partial charge in [-0.05, 0) is 13.3 Å². The maximum absolute atomic E-state index is 12.0. The van der Waals surface area contributed by atoms with E-state index < -0.39 is 10.8 Å². The SMILES string of the molecule is CCCNc1nc(N)c(C(=O)NC(C)CS(C)=O)s1. The molecule has 19 heavy (non-hydrogen) atoms. The fraction of sp³-hybridized carbons (Fsp3) is 0.636. The number of nitrogens with zero attached hydrogens (tertiary/aromatic N) is 1. The van der Waals surface area contributed by atoms with Gasteiger partial charge in [0.05, 0.1) is 0 Å². The smallest absolute Gasteiger partial charge is 0.265 e. The van der Waals surface area contributed by atoms with E-state index in [0.29, 0.717) is 15.8 Å². The van der Waals surface area contributed by atoms with Crippen molar-refractivity contribution in [2.24, 2.45) is 0 Å². The lowest BCUT2D eigenvalue weighted by molar-refractivity contribution is 0.0948. The Morgan fingerprint density at radius 2 is 2.26 bits per heavy atom. The Hall–Kier alpha value is -1.15. The van der Waals surface area contributed by atoms with Crippen LogP contribution in [0.25, 0.3) is 0 Å². The fourth-order valence-corrected chi connectivity index (χ4v) is 3.09. The summed E-state index contributed by atoms with van der Waals surface area (Å²) < 4.78 is 11.1. The van der Waals surface area contributed by atoms with E-state index in [0.717, 1.165) is 13.0 Å². The summed E-state index contributed by atoms with van der Waals surface area (Å²) in [6, 6.07) is -0.160. The second-order valence-corrected chi connectivity index (χ2v) is 6.75. The summed E-state index contributed by atoms with van der Waals surface area (Å²) in [4.78, 5) is 16.5. The lowest BCUT2D eigenvalue weighted by atomic mass is 10.3. The van der Waals surface area contributed by atoms with Crippen molar-refractivity contribution in [3.63, 3.8) is 0 Å². The maximum Gasteiger partial charge on any atom is 0.265 e. The van der Waals surface area contributed by atoms with Gasteiger partial charge >= 0.3 is 0 Å². The molecule has 1 heterocycles. The first-order chi connectivity index (χ1) is 8.93. The molecule has 2 unspecified atom stereocenters. The highest BCUT2D eigenvalue weighted by atomic mass is 32.2. The zero-order valence-electron chi connectivity index (χ0n) is 11.4. The van der Waals surface area contributed by atoms with Gasteiger partial charge in [-0.2, -0.15) is 0 Å². The number of nitrogen functional groups attached to an aromatic ring is 1. The molecular weight excluding hydrogens is 284 g/mol. The minimum atomic E-state index is -0.943. The number of thiazole rings is 1. The number of nitrogens with two attached hydrogens (primary N) is 1. The number of amides is 1. The van der Waals surface area contributed by atoms with Crippen LogP contribution in [0, 0.1) is 0 Å². The second kappa shape index (κ2) is 7.44. The van der Waals surface area contributed by atoms with Crippen LogP contribution in [-0.2, 0) is 10.8 Å². The number of carbonyl (C=O) groups is 1. The highest BCUT2D eigenvalue weighted by Gasteiger charge is 2.18. The molecule has 1 amide bonds. The van der Waals surface area contributed by atoms with E-state index in [4.69, 9.17) is 5.73 Å². The molecule has 0 bridgehead atoms. The molecule has 0 spiro atoms. The number of anilines is 2. The molecule has 0 radical (unpaired) electrons. The molecule has 2 atom stereocenters. The number of hydrogen-bond donors (Lipinski definition) is 3. The number of carbonyl (C=O) groups excluding carboxylic acids is 1. The summed E-state index contributed by atoms with van der Waals surface area (Å²) in [5.74, 6) is 0.384. The third-order valence-electron chi connectivity index (χ3n) is 2.25. The number of aromatic nitrogens is 1. The van der Waals surface area contributed by atoms with Gasteiger partial charge < -0.3 is 16.4 Å². The Balaban J connectivity index is 2.66. The van der Waals surface area contributed by atoms with Crippen LogP contribution in [0.5, 0.6) is 0 Å². The molecule has 1 aromatic heterocycles. The molecular formula is C11H20N4O2S2. The van der Waals surface area contributed by atoms with E-state index >= 15 is 0 Å². The van der Waals surface area contributed by atoms with Crippen LogP contribution in [0.3, 0.4) is 0 Å². The molecule has 1 aromatic rings. The average molecular weight is 304 g/mol. The van der Waals surface area contributed by atoms with Crippen molar-refractivity contribution >= 4 is 39.0 Å². The number of nitrogens with one attached hydrogen (secondary N) is 2. The Morgan fingerprint density at radius 1 is 1.58 bits per heavy atom. The normalized spacial score (nSPS) is 13.8. The van der Waals surface area contributed by atoms with Crippen molar-refractivity contribution in [1.82, 2.24) is 10.3 Å². The first-order valence-corrected chi connectivity index (χ1v) is 8.59. The van der Waals surface area contributed by atoms with Gasteiger partial charge in [-0.25, -0.2) is 4.98 Å². The Bertz CT molecular complexity index is 462. The van der Waals surface area contributed by atoms with Crippen LogP contribution >= 0.6 is 11.3 Å². The van der Waals surface area contributed by atoms with Crippen molar-refractivity contribution in [3.8, 4) is 0 Å². The lowest BCUT2D eigenvalue weighted by Crippen LogP contribution is -2.36. The molecule has 1 rings (SSSR count). The maximum atomic E-state index is 12.0. The van der Waals surface area contributed by atoms with Crippen molar-refractivity contribution in [2.75, 3.05) is 29.6 Å². The highest BCUT2D eigenvalue weighted by molar-refractivity contribution is 7.84. The van der Waals surface area contributed by atoms with Gasteiger partial charge in [-0.1, -0.05) is 18.3 Å². The molecule has 108 valence electrons. The Morgan fingerprint density at radius 3 is 2.84 bits per heavy atom. The van der Waals surface area contributed by atoms with Crippen molar-refractivity contribution in [1.29, 1.82) is 0 Å². The minimum Gasteiger partial charge on any atom is -0.382 e. The Labute approximate surface area is 119 Å². The monoisotopic (exact) mass is 304 g/mol. The average Bonchev–Trinajstić information content (AvgIpc) is 2.66. The number of rotatable bonds is 7. The predicted molar refractivity (Wildman–Crippen MR) is 81.2 cm³/mol. The molecule has 0 aliphatic rings. The molecule has 0 aliphatic heterocycles. The zero-order valence-corrected chi connectivity index (χ0v) is 13.0. The van der Waals surface area contributed by atoms with Crippen LogP contribution in [0.4, 0.5) is 10.9 Å². The van der Waals surface area contributed by atoms with E-state index in [2.05, 4.69) is 15.6 Å². The van der Waals surface area contributed by atoms with Crippen molar-refractivity contribution in [3.05, 3.63) is 4.88 Å². The summed E-state index contributed by atoms with van der Waals surface area (Å²) in [5.41, 5.74) is 5.73. The van der Waals surface area contributed by atoms with Gasteiger partial charge in [0.15, 0.2) is 5.13 Å². The largest absolute Gasteiger partial charge is 0.382 e. The third kappa shape index (κ3) is 5.15. The molecule has 4 N–H and O–H groups in total. The molecule has 8 heteroatoms. The van der Waals surface area contributed by atoms with Gasteiger partial charge in [0.2, 0.25) is 0 Å². The predicted octanol–water partition coefficient (Wildman–Crippen LogP) is 1.04. The molecule has 0 saturated carbocycles. The standard InChI is InChI=1S/C11H20N4O2S2/c1-4-5-13-11-15-9(12)8(18-11)10(16)14-7(2)6-19(3)17/h7H,4-6,12H2,1-3H3,(H,13,15)(H,14,16). The van der Waals surface area contributed by atoms with Gasteiger partial charge in [0.25, 0.3) is 5.91 Å². The Kier molecular flexibility index (Phi) is 6.23. The number of hydrogen-bond acceptors (Lipinski definition) is 6. The second-order valence-electron chi connectivity index (χ2n) is 4.27. The summed E-state index contributed by atoms with van der Waals surface area (Å²) >= 11 is 1.23. The van der Waals surface area contributed by atoms with Crippen molar-refractivity contribution < 1.29 is 9.00 Å². The van der Waals surface area contributed by atoms with Gasteiger partial charge in [-0.3, -0.25) is 9.00 Å². The molecule has 0 fully saturated rings. The van der Waals surface area contributed by atoms with E-state index in [-0.39, 0.29) is 17.8 Å². The molecule has 6 nitrogen and oxygen atoms in total. The van der Waals surface area contributed by atoms with Crippen molar-refractivity contribution in [2.45, 2.75) is 26.3 Å². The summed E-state index contributed by atoms with van der Waals surface area (Å²) in [5, 5.41) is 6.51. The summed E-state index contributed by atoms with van der Waals surface area (Å²) in [6.45, 7) is 4.65. The lowest BCUT2D eigenvalue weighted by Gasteiger charge is -2.11. The first-order valence-electron chi connectivity index (χ1n) is 6.05. The summed E-state index contributed by atoms with van der Waals surface area (Å²) in [6.07, 6.45) is 2.58. The van der Waals surface area contributed by atoms with Gasteiger partial charge in [0.1, 0.15) is 10.7 Å². The van der Waals surface area contributed by atoms with E-state index in [9.17, 15) is 9.00 Å². The van der Waals surface area contributed by atoms with Crippen LogP contribution in [0.15, 0.2) is 0 Å².